The average molecular weight is 325 g/mol. The molecule has 0 unspecified atom stereocenters. The predicted molar refractivity (Wildman–Crippen MR) is 84.8 cm³/mol. The maximum absolute atomic E-state index is 12.1. The molecule has 0 aliphatic rings. The van der Waals surface area contributed by atoms with Crippen LogP contribution in [0.1, 0.15) is 17.0 Å². The minimum absolute atomic E-state index is 0.290. The van der Waals surface area contributed by atoms with Crippen LogP contribution in [0.25, 0.3) is 0 Å². The van der Waals surface area contributed by atoms with Gasteiger partial charge in [0.1, 0.15) is 0 Å². The van der Waals surface area contributed by atoms with Gasteiger partial charge in [0.25, 0.3) is 0 Å². The van der Waals surface area contributed by atoms with Crippen LogP contribution in [-0.2, 0) is 22.9 Å². The Morgan fingerprint density at radius 2 is 1.95 bits per heavy atom. The number of nitrogens with one attached hydrogen (secondary N) is 1. The van der Waals surface area contributed by atoms with Gasteiger partial charge in [0.15, 0.2) is 0 Å². The third-order valence-electron chi connectivity index (χ3n) is 3.02. The van der Waals surface area contributed by atoms with Gasteiger partial charge in [-0.25, -0.2) is 18.1 Å². The molecule has 0 fully saturated rings. The Balaban J connectivity index is 1.92. The highest BCUT2D eigenvalue weighted by Gasteiger charge is 2.13. The molecule has 2 rings (SSSR count). The smallest absolute Gasteiger partial charge is 0.240 e. The molecule has 1 aromatic heterocycles. The van der Waals surface area contributed by atoms with Gasteiger partial charge in [0, 0.05) is 24.5 Å². The van der Waals surface area contributed by atoms with Crippen LogP contribution in [0, 0.1) is 0 Å². The Morgan fingerprint density at radius 3 is 2.57 bits per heavy atom. The van der Waals surface area contributed by atoms with Crippen LogP contribution in [-0.4, -0.2) is 26.5 Å². The van der Waals surface area contributed by atoms with E-state index < -0.39 is 10.0 Å². The number of aryl methyl sites for hydroxylation is 1. The number of nitrogens with two attached hydrogens (primary N) is 1. The third kappa shape index (κ3) is 4.89. The first-order chi connectivity index (χ1) is 10.1. The SMILES string of the molecule is NCCCc1ccc(S(=O)(=O)NCCc2nccs2)cc1. The van der Waals surface area contributed by atoms with Gasteiger partial charge in [0.2, 0.25) is 10.0 Å². The summed E-state index contributed by atoms with van der Waals surface area (Å²) in [5.41, 5.74) is 6.56. The van der Waals surface area contributed by atoms with E-state index in [2.05, 4.69) is 9.71 Å². The number of thiazole rings is 1. The van der Waals surface area contributed by atoms with Crippen LogP contribution in [0.4, 0.5) is 0 Å². The highest BCUT2D eigenvalue weighted by molar-refractivity contribution is 7.89. The van der Waals surface area contributed by atoms with Crippen molar-refractivity contribution in [3.63, 3.8) is 0 Å². The average Bonchev–Trinajstić information content (AvgIpc) is 2.98. The van der Waals surface area contributed by atoms with Gasteiger partial charge in [-0.15, -0.1) is 11.3 Å². The molecule has 0 radical (unpaired) electrons. The number of hydrogen-bond donors (Lipinski definition) is 2. The molecule has 0 atom stereocenters. The van der Waals surface area contributed by atoms with Gasteiger partial charge in [-0.05, 0) is 37.1 Å². The quantitative estimate of drug-likeness (QED) is 0.771. The van der Waals surface area contributed by atoms with E-state index in [9.17, 15) is 8.42 Å². The van der Waals surface area contributed by atoms with E-state index >= 15 is 0 Å². The van der Waals surface area contributed by atoms with Gasteiger partial charge in [0.05, 0.1) is 9.90 Å². The molecule has 1 aromatic carbocycles. The highest BCUT2D eigenvalue weighted by Crippen LogP contribution is 2.12. The summed E-state index contributed by atoms with van der Waals surface area (Å²) in [4.78, 5) is 4.41. The lowest BCUT2D eigenvalue weighted by Gasteiger charge is -2.07. The van der Waals surface area contributed by atoms with Gasteiger partial charge < -0.3 is 5.73 Å². The molecule has 1 heterocycles. The lowest BCUT2D eigenvalue weighted by atomic mass is 10.1. The summed E-state index contributed by atoms with van der Waals surface area (Å²) in [5.74, 6) is 0. The molecule has 114 valence electrons. The largest absolute Gasteiger partial charge is 0.330 e. The summed E-state index contributed by atoms with van der Waals surface area (Å²) < 4.78 is 26.9. The maximum Gasteiger partial charge on any atom is 0.240 e. The second-order valence-electron chi connectivity index (χ2n) is 4.61. The van der Waals surface area contributed by atoms with Crippen molar-refractivity contribution in [3.05, 3.63) is 46.4 Å². The van der Waals surface area contributed by atoms with Crippen molar-refractivity contribution >= 4 is 21.4 Å². The number of sulfonamides is 1. The van der Waals surface area contributed by atoms with Crippen molar-refractivity contribution in [1.29, 1.82) is 0 Å². The van der Waals surface area contributed by atoms with Crippen molar-refractivity contribution < 1.29 is 8.42 Å². The van der Waals surface area contributed by atoms with Crippen molar-refractivity contribution in [1.82, 2.24) is 9.71 Å². The molecule has 21 heavy (non-hydrogen) atoms. The first-order valence-corrected chi connectivity index (χ1v) is 9.15. The Kier molecular flexibility index (Phi) is 5.86. The van der Waals surface area contributed by atoms with E-state index in [0.717, 1.165) is 23.4 Å². The van der Waals surface area contributed by atoms with E-state index in [4.69, 9.17) is 5.73 Å². The molecule has 2 aromatic rings. The number of hydrogen-bond acceptors (Lipinski definition) is 5. The van der Waals surface area contributed by atoms with E-state index in [-0.39, 0.29) is 4.90 Å². The normalized spacial score (nSPS) is 11.7. The molecule has 5 nitrogen and oxygen atoms in total. The molecule has 7 heteroatoms. The Hall–Kier alpha value is -1.28. The summed E-state index contributed by atoms with van der Waals surface area (Å²) in [6.07, 6.45) is 4.09. The highest BCUT2D eigenvalue weighted by atomic mass is 32.2. The first kappa shape index (κ1) is 16.1. The Labute approximate surface area is 129 Å². The fourth-order valence-electron chi connectivity index (χ4n) is 1.89. The van der Waals surface area contributed by atoms with Crippen molar-refractivity contribution in [2.45, 2.75) is 24.2 Å². The lowest BCUT2D eigenvalue weighted by molar-refractivity contribution is 0.581. The fourth-order valence-corrected chi connectivity index (χ4v) is 3.55. The molecule has 0 aliphatic heterocycles. The van der Waals surface area contributed by atoms with Crippen LogP contribution in [0.5, 0.6) is 0 Å². The second-order valence-corrected chi connectivity index (χ2v) is 7.36. The van der Waals surface area contributed by atoms with Gasteiger partial charge >= 0.3 is 0 Å². The monoisotopic (exact) mass is 325 g/mol. The molecular weight excluding hydrogens is 306 g/mol. The molecule has 0 spiro atoms. The molecule has 0 aliphatic carbocycles. The number of benzene rings is 1. The van der Waals surface area contributed by atoms with Crippen LogP contribution >= 0.6 is 11.3 Å². The maximum atomic E-state index is 12.1. The Morgan fingerprint density at radius 1 is 1.19 bits per heavy atom. The van der Waals surface area contributed by atoms with Gasteiger partial charge in [-0.2, -0.15) is 0 Å². The second kappa shape index (κ2) is 7.65. The minimum atomic E-state index is -3.45. The molecule has 0 amide bonds. The van der Waals surface area contributed by atoms with Gasteiger partial charge in [-0.1, -0.05) is 12.1 Å². The fraction of sp³-hybridized carbons (Fsp3) is 0.357. The number of rotatable bonds is 8. The summed E-state index contributed by atoms with van der Waals surface area (Å²) in [7, 11) is -3.45. The summed E-state index contributed by atoms with van der Waals surface area (Å²) >= 11 is 1.52. The van der Waals surface area contributed by atoms with Crippen LogP contribution in [0.15, 0.2) is 40.7 Å². The molecule has 0 bridgehead atoms. The number of aromatic nitrogens is 1. The molecular formula is C14H19N3O2S2. The zero-order chi connectivity index (χ0) is 15.1. The summed E-state index contributed by atoms with van der Waals surface area (Å²) in [6, 6.07) is 6.95. The Bertz CT molecular complexity index is 637. The van der Waals surface area contributed by atoms with E-state index in [1.54, 1.807) is 18.3 Å². The summed E-state index contributed by atoms with van der Waals surface area (Å²) in [5, 5.41) is 2.80. The van der Waals surface area contributed by atoms with E-state index in [1.165, 1.54) is 11.3 Å². The summed E-state index contributed by atoms with van der Waals surface area (Å²) in [6.45, 7) is 0.989. The van der Waals surface area contributed by atoms with Crippen molar-refractivity contribution in [2.75, 3.05) is 13.1 Å². The van der Waals surface area contributed by atoms with Crippen LogP contribution in [0.2, 0.25) is 0 Å². The standard InChI is InChI=1S/C14H19N3O2S2/c15-8-1-2-12-3-5-13(6-4-12)21(18,19)17-9-7-14-16-10-11-20-14/h3-6,10-11,17H,1-2,7-9,15H2. The van der Waals surface area contributed by atoms with Crippen LogP contribution < -0.4 is 10.5 Å². The topological polar surface area (TPSA) is 85.1 Å². The van der Waals surface area contributed by atoms with E-state index in [0.29, 0.717) is 19.5 Å². The molecule has 0 saturated carbocycles. The lowest BCUT2D eigenvalue weighted by Crippen LogP contribution is -2.26. The van der Waals surface area contributed by atoms with Crippen molar-refractivity contribution in [3.8, 4) is 0 Å². The molecule has 0 saturated heterocycles. The predicted octanol–water partition coefficient (Wildman–Crippen LogP) is 1.56. The van der Waals surface area contributed by atoms with Gasteiger partial charge in [-0.3, -0.25) is 0 Å². The van der Waals surface area contributed by atoms with E-state index in [1.807, 2.05) is 17.5 Å². The first-order valence-electron chi connectivity index (χ1n) is 6.79. The van der Waals surface area contributed by atoms with Crippen LogP contribution in [0.3, 0.4) is 0 Å². The zero-order valence-electron chi connectivity index (χ0n) is 11.7. The minimum Gasteiger partial charge on any atom is -0.330 e. The zero-order valence-corrected chi connectivity index (χ0v) is 13.3. The number of nitrogens with zero attached hydrogens (tertiary/aromatic N) is 1. The van der Waals surface area contributed by atoms with Crippen molar-refractivity contribution in [2.24, 2.45) is 5.73 Å². The molecule has 3 N–H and O–H groups in total. The third-order valence-corrected chi connectivity index (χ3v) is 5.33.